The summed E-state index contributed by atoms with van der Waals surface area (Å²) in [5.74, 6) is 0.673. The normalized spacial score (nSPS) is 15.8. The van der Waals surface area contributed by atoms with E-state index in [9.17, 15) is 10.1 Å². The van der Waals surface area contributed by atoms with Crippen molar-refractivity contribution in [3.05, 3.63) is 76.7 Å². The first-order chi connectivity index (χ1) is 16.5. The molecule has 1 aliphatic rings. The number of allylic oxidation sites excluding steroid dienone is 2. The van der Waals surface area contributed by atoms with Gasteiger partial charge in [0.25, 0.3) is 0 Å². The smallest absolute Gasteiger partial charge is 0.338 e. The largest absolute Gasteiger partial charge is 0.463 e. The average Bonchev–Trinajstić information content (AvgIpc) is 3.48. The zero-order chi connectivity index (χ0) is 24.2. The molecule has 174 valence electrons. The lowest BCUT2D eigenvalue weighted by Crippen LogP contribution is -2.25. The Morgan fingerprint density at radius 3 is 2.91 bits per heavy atom. The maximum atomic E-state index is 12.7. The highest BCUT2D eigenvalue weighted by atomic mass is 16.5. The molecule has 3 heterocycles. The van der Waals surface area contributed by atoms with E-state index in [1.807, 2.05) is 23.8 Å². The Kier molecular flexibility index (Phi) is 6.45. The van der Waals surface area contributed by atoms with Gasteiger partial charge in [-0.3, -0.25) is 0 Å². The molecule has 4 rings (SSSR count). The molecule has 2 aromatic heterocycles. The number of carbonyl (C=O) groups excluding carboxylic acids is 1. The fourth-order valence-electron chi connectivity index (χ4n) is 3.93. The average molecular weight is 460 g/mol. The first-order valence-corrected chi connectivity index (χ1v) is 10.8. The highest BCUT2D eigenvalue weighted by Crippen LogP contribution is 2.40. The van der Waals surface area contributed by atoms with Gasteiger partial charge >= 0.3 is 5.97 Å². The van der Waals surface area contributed by atoms with Gasteiger partial charge in [-0.2, -0.15) is 10.2 Å². The van der Waals surface area contributed by atoms with Gasteiger partial charge in [-0.1, -0.05) is 30.3 Å². The number of nitriles is 1. The Morgan fingerprint density at radius 2 is 2.18 bits per heavy atom. The van der Waals surface area contributed by atoms with E-state index in [1.165, 1.54) is 0 Å². The van der Waals surface area contributed by atoms with Crippen LogP contribution in [0.2, 0.25) is 0 Å². The monoisotopic (exact) mass is 460 g/mol. The van der Waals surface area contributed by atoms with E-state index in [-0.39, 0.29) is 23.6 Å². The molecular weight excluding hydrogens is 436 g/mol. The second-order valence-corrected chi connectivity index (χ2v) is 7.58. The fourth-order valence-corrected chi connectivity index (χ4v) is 3.93. The Hall–Kier alpha value is -4.39. The van der Waals surface area contributed by atoms with Crippen molar-refractivity contribution in [3.63, 3.8) is 0 Å². The Labute approximate surface area is 196 Å². The summed E-state index contributed by atoms with van der Waals surface area (Å²) in [6.07, 6.45) is 4.38. The van der Waals surface area contributed by atoms with E-state index in [0.29, 0.717) is 35.1 Å². The number of nitrogens with zero attached hydrogens (tertiary/aromatic N) is 5. The summed E-state index contributed by atoms with van der Waals surface area (Å²) < 4.78 is 18.1. The SMILES string of the molecule is CCOC(=O)C1=C(C)OC(N)=C(C#N)C1c1cccc(-c2noc(Cn3ccnc3CC)n2)c1. The van der Waals surface area contributed by atoms with E-state index in [2.05, 4.69) is 21.2 Å². The number of ether oxygens (including phenoxy) is 2. The van der Waals surface area contributed by atoms with Gasteiger partial charge in [-0.05, 0) is 25.5 Å². The summed E-state index contributed by atoms with van der Waals surface area (Å²) in [7, 11) is 0. The van der Waals surface area contributed by atoms with Crippen LogP contribution in [0.1, 0.15) is 44.0 Å². The number of nitrogens with two attached hydrogens (primary N) is 1. The molecule has 0 bridgehead atoms. The molecule has 1 aliphatic heterocycles. The predicted octanol–water partition coefficient (Wildman–Crippen LogP) is 3.19. The molecule has 0 saturated carbocycles. The first-order valence-electron chi connectivity index (χ1n) is 10.8. The van der Waals surface area contributed by atoms with Crippen molar-refractivity contribution < 1.29 is 18.8 Å². The third kappa shape index (κ3) is 4.28. The maximum Gasteiger partial charge on any atom is 0.338 e. The van der Waals surface area contributed by atoms with E-state index in [0.717, 1.165) is 12.2 Å². The van der Waals surface area contributed by atoms with E-state index >= 15 is 0 Å². The van der Waals surface area contributed by atoms with Crippen molar-refractivity contribution in [3.8, 4) is 17.5 Å². The molecule has 10 heteroatoms. The Bertz CT molecular complexity index is 1330. The summed E-state index contributed by atoms with van der Waals surface area (Å²) in [6, 6.07) is 9.30. The van der Waals surface area contributed by atoms with Crippen LogP contribution in [0.3, 0.4) is 0 Å². The van der Waals surface area contributed by atoms with Crippen LogP contribution in [-0.2, 0) is 27.2 Å². The molecule has 0 radical (unpaired) electrons. The standard InChI is InChI=1S/C24H24N6O4/c1-4-18-27-9-10-30(18)13-19-28-23(29-34-19)16-8-6-7-15(11-16)21-17(12-25)22(26)33-14(3)20(21)24(31)32-5-2/h6-11,21H,4-5,13,26H2,1-3H3. The first kappa shape index (κ1) is 22.8. The van der Waals surface area contributed by atoms with Crippen LogP contribution in [0.25, 0.3) is 11.4 Å². The molecule has 0 amide bonds. The molecule has 1 atom stereocenters. The minimum absolute atomic E-state index is 0.0441. The molecule has 0 saturated heterocycles. The molecule has 3 aromatic rings. The van der Waals surface area contributed by atoms with Gasteiger partial charge in [-0.15, -0.1) is 0 Å². The van der Waals surface area contributed by atoms with Crippen LogP contribution in [0.4, 0.5) is 0 Å². The number of esters is 1. The number of hydrogen-bond acceptors (Lipinski definition) is 9. The number of rotatable bonds is 7. The van der Waals surface area contributed by atoms with Crippen molar-refractivity contribution in [1.82, 2.24) is 19.7 Å². The van der Waals surface area contributed by atoms with Gasteiger partial charge in [0.1, 0.15) is 29.8 Å². The van der Waals surface area contributed by atoms with E-state index < -0.39 is 11.9 Å². The van der Waals surface area contributed by atoms with E-state index in [1.54, 1.807) is 38.2 Å². The number of aromatic nitrogens is 4. The summed E-state index contributed by atoms with van der Waals surface area (Å²) >= 11 is 0. The van der Waals surface area contributed by atoms with Crippen LogP contribution < -0.4 is 5.73 Å². The third-order valence-electron chi connectivity index (χ3n) is 5.47. The summed E-state index contributed by atoms with van der Waals surface area (Å²) in [4.78, 5) is 21.6. The van der Waals surface area contributed by atoms with Gasteiger partial charge in [0.05, 0.1) is 18.1 Å². The molecule has 2 N–H and O–H groups in total. The summed E-state index contributed by atoms with van der Waals surface area (Å²) in [5, 5.41) is 13.9. The second-order valence-electron chi connectivity index (χ2n) is 7.58. The molecule has 34 heavy (non-hydrogen) atoms. The van der Waals surface area contributed by atoms with Crippen molar-refractivity contribution in [2.45, 2.75) is 39.7 Å². The minimum Gasteiger partial charge on any atom is -0.463 e. The molecule has 0 fully saturated rings. The Balaban J connectivity index is 1.70. The van der Waals surface area contributed by atoms with Crippen LogP contribution >= 0.6 is 0 Å². The lowest BCUT2D eigenvalue weighted by atomic mass is 9.82. The number of imidazole rings is 1. The topological polar surface area (TPSA) is 142 Å². The van der Waals surface area contributed by atoms with Crippen LogP contribution in [0.15, 0.2) is 64.0 Å². The molecule has 0 spiro atoms. The lowest BCUT2D eigenvalue weighted by Gasteiger charge is -2.27. The third-order valence-corrected chi connectivity index (χ3v) is 5.47. The second kappa shape index (κ2) is 9.62. The highest BCUT2D eigenvalue weighted by molar-refractivity contribution is 5.92. The van der Waals surface area contributed by atoms with Gasteiger partial charge in [-0.25, -0.2) is 9.78 Å². The molecule has 0 aliphatic carbocycles. The zero-order valence-electron chi connectivity index (χ0n) is 19.1. The predicted molar refractivity (Wildman–Crippen MR) is 120 cm³/mol. The number of hydrogen-bond donors (Lipinski definition) is 1. The van der Waals surface area contributed by atoms with Gasteiger partial charge in [0, 0.05) is 24.4 Å². The maximum absolute atomic E-state index is 12.7. The molecule has 10 nitrogen and oxygen atoms in total. The summed E-state index contributed by atoms with van der Waals surface area (Å²) in [5.41, 5.74) is 7.66. The van der Waals surface area contributed by atoms with Crippen LogP contribution in [0, 0.1) is 11.3 Å². The number of aryl methyl sites for hydroxylation is 1. The van der Waals surface area contributed by atoms with E-state index in [4.69, 9.17) is 19.7 Å². The van der Waals surface area contributed by atoms with Gasteiger partial charge in [0.15, 0.2) is 0 Å². The number of benzene rings is 1. The quantitative estimate of drug-likeness (QED) is 0.526. The van der Waals surface area contributed by atoms with Crippen LogP contribution in [-0.4, -0.2) is 32.3 Å². The van der Waals surface area contributed by atoms with Gasteiger partial charge < -0.3 is 24.3 Å². The Morgan fingerprint density at radius 1 is 1.35 bits per heavy atom. The minimum atomic E-state index is -0.748. The van der Waals surface area contributed by atoms with Crippen molar-refractivity contribution in [1.29, 1.82) is 5.26 Å². The summed E-state index contributed by atoms with van der Waals surface area (Å²) in [6.45, 7) is 5.95. The molecule has 1 aromatic carbocycles. The highest BCUT2D eigenvalue weighted by Gasteiger charge is 2.36. The zero-order valence-corrected chi connectivity index (χ0v) is 19.1. The van der Waals surface area contributed by atoms with Gasteiger partial charge in [0.2, 0.25) is 17.6 Å². The van der Waals surface area contributed by atoms with Crippen LogP contribution in [0.5, 0.6) is 0 Å². The van der Waals surface area contributed by atoms with Crippen molar-refractivity contribution in [2.75, 3.05) is 6.61 Å². The van der Waals surface area contributed by atoms with Crippen molar-refractivity contribution >= 4 is 5.97 Å². The van der Waals surface area contributed by atoms with Crippen molar-refractivity contribution in [2.24, 2.45) is 5.73 Å². The fraction of sp³-hybridized carbons (Fsp3) is 0.292. The molecular formula is C24H24N6O4. The lowest BCUT2D eigenvalue weighted by molar-refractivity contribution is -0.139. The molecule has 1 unspecified atom stereocenters. The number of carbonyl (C=O) groups is 1.